The van der Waals surface area contributed by atoms with Crippen molar-refractivity contribution in [3.05, 3.63) is 57.8 Å². The van der Waals surface area contributed by atoms with Crippen LogP contribution in [0, 0.1) is 0 Å². The number of halogens is 1. The number of furan rings is 1. The average Bonchev–Trinajstić information content (AvgIpc) is 2.88. The minimum absolute atomic E-state index is 0.00905. The van der Waals surface area contributed by atoms with Crippen LogP contribution in [0.4, 0.5) is 0 Å². The second-order valence-corrected chi connectivity index (χ2v) is 6.05. The van der Waals surface area contributed by atoms with Crippen LogP contribution >= 0.6 is 15.9 Å². The molecule has 5 nitrogen and oxygen atoms in total. The highest BCUT2D eigenvalue weighted by molar-refractivity contribution is 9.10. The molecule has 0 aliphatic rings. The fourth-order valence-electron chi connectivity index (χ4n) is 2.43. The molecule has 0 aliphatic heterocycles. The maximum Gasteiger partial charge on any atom is 0.197 e. The van der Waals surface area contributed by atoms with E-state index < -0.39 is 6.10 Å². The highest BCUT2D eigenvalue weighted by Gasteiger charge is 2.25. The zero-order chi connectivity index (χ0) is 16.7. The maximum absolute atomic E-state index is 12.9. The number of phenols is 2. The molecule has 3 N–H and O–H groups in total. The van der Waals surface area contributed by atoms with E-state index in [1.165, 1.54) is 37.3 Å². The Balaban J connectivity index is 2.22. The quantitative estimate of drug-likeness (QED) is 0.603. The summed E-state index contributed by atoms with van der Waals surface area (Å²) >= 11 is 3.18. The molecule has 23 heavy (non-hydrogen) atoms. The Morgan fingerprint density at radius 3 is 2.57 bits per heavy atom. The molecule has 0 amide bonds. The van der Waals surface area contributed by atoms with Crippen molar-refractivity contribution in [2.45, 2.75) is 13.0 Å². The summed E-state index contributed by atoms with van der Waals surface area (Å²) in [5.41, 5.74) is 0.905. The molecule has 0 saturated carbocycles. The van der Waals surface area contributed by atoms with Crippen molar-refractivity contribution in [1.29, 1.82) is 0 Å². The Hall–Kier alpha value is -2.31. The van der Waals surface area contributed by atoms with Gasteiger partial charge >= 0.3 is 0 Å². The summed E-state index contributed by atoms with van der Waals surface area (Å²) in [5.74, 6) is -0.167. The first-order valence-corrected chi connectivity index (χ1v) is 7.64. The number of phenolic OH excluding ortho intramolecular Hbond substituents is 2. The summed E-state index contributed by atoms with van der Waals surface area (Å²) in [4.78, 5) is 12.9. The zero-order valence-corrected chi connectivity index (χ0v) is 13.7. The molecule has 6 heteroatoms. The Morgan fingerprint density at radius 1 is 1.17 bits per heavy atom. The first kappa shape index (κ1) is 15.6. The first-order valence-electron chi connectivity index (χ1n) is 6.85. The molecular formula is C17H13BrO5. The van der Waals surface area contributed by atoms with Crippen molar-refractivity contribution in [2.24, 2.45) is 0 Å². The Kier molecular flexibility index (Phi) is 3.87. The van der Waals surface area contributed by atoms with Crippen molar-refractivity contribution in [3.63, 3.8) is 0 Å². The van der Waals surface area contributed by atoms with Gasteiger partial charge in [-0.3, -0.25) is 4.79 Å². The molecule has 118 valence electrons. The number of rotatable bonds is 3. The van der Waals surface area contributed by atoms with Gasteiger partial charge in [0.05, 0.1) is 10.0 Å². The largest absolute Gasteiger partial charge is 0.508 e. The van der Waals surface area contributed by atoms with Crippen molar-refractivity contribution < 1.29 is 24.5 Å². The van der Waals surface area contributed by atoms with Crippen LogP contribution in [-0.4, -0.2) is 21.1 Å². The van der Waals surface area contributed by atoms with Crippen LogP contribution in [0.1, 0.15) is 34.7 Å². The van der Waals surface area contributed by atoms with Gasteiger partial charge in [-0.25, -0.2) is 0 Å². The standard InChI is InChI=1S/C17H13BrO5/c1-8(19)17-15(11-4-3-10(20)7-14(11)23-17)16(22)9-2-5-13(21)12(18)6-9/h2-8,19-21H,1H3. The number of carbonyl (C=O) groups is 1. The predicted molar refractivity (Wildman–Crippen MR) is 87.8 cm³/mol. The second-order valence-electron chi connectivity index (χ2n) is 5.19. The molecule has 0 spiro atoms. The number of benzene rings is 2. The van der Waals surface area contributed by atoms with Crippen LogP contribution in [0.2, 0.25) is 0 Å². The molecule has 1 unspecified atom stereocenters. The van der Waals surface area contributed by atoms with Gasteiger partial charge in [-0.2, -0.15) is 0 Å². The van der Waals surface area contributed by atoms with E-state index in [0.717, 1.165) is 0 Å². The highest BCUT2D eigenvalue weighted by atomic mass is 79.9. The third kappa shape index (κ3) is 2.71. The molecule has 1 atom stereocenters. The van der Waals surface area contributed by atoms with Crippen molar-refractivity contribution in [1.82, 2.24) is 0 Å². The molecule has 3 aromatic rings. The number of aliphatic hydroxyl groups is 1. The van der Waals surface area contributed by atoms with E-state index in [-0.39, 0.29) is 28.6 Å². The van der Waals surface area contributed by atoms with Crippen molar-refractivity contribution in [3.8, 4) is 11.5 Å². The van der Waals surface area contributed by atoms with Gasteiger partial charge in [0.1, 0.15) is 28.9 Å². The molecular weight excluding hydrogens is 364 g/mol. The van der Waals surface area contributed by atoms with Crippen LogP contribution in [0.5, 0.6) is 11.5 Å². The summed E-state index contributed by atoms with van der Waals surface area (Å²) in [5, 5.41) is 29.5. The number of fused-ring (bicyclic) bond motifs is 1. The summed E-state index contributed by atoms with van der Waals surface area (Å²) in [6.45, 7) is 1.50. The second kappa shape index (κ2) is 5.72. The predicted octanol–water partition coefficient (Wildman–Crippen LogP) is 3.89. The van der Waals surface area contributed by atoms with Gasteiger partial charge in [0.2, 0.25) is 0 Å². The van der Waals surface area contributed by atoms with Crippen LogP contribution in [0.3, 0.4) is 0 Å². The van der Waals surface area contributed by atoms with E-state index in [0.29, 0.717) is 21.0 Å². The van der Waals surface area contributed by atoms with Crippen LogP contribution in [0.25, 0.3) is 11.0 Å². The number of aromatic hydroxyl groups is 2. The molecule has 2 aromatic carbocycles. The molecule has 0 saturated heterocycles. The molecule has 1 heterocycles. The van der Waals surface area contributed by atoms with Gasteiger partial charge in [-0.1, -0.05) is 0 Å². The number of aliphatic hydroxyl groups excluding tert-OH is 1. The smallest absolute Gasteiger partial charge is 0.197 e. The lowest BCUT2D eigenvalue weighted by Crippen LogP contribution is -2.05. The summed E-state index contributed by atoms with van der Waals surface area (Å²) in [6, 6.07) is 8.82. The lowest BCUT2D eigenvalue weighted by atomic mass is 9.98. The number of carbonyl (C=O) groups excluding carboxylic acids is 1. The van der Waals surface area contributed by atoms with E-state index in [1.807, 2.05) is 0 Å². The van der Waals surface area contributed by atoms with E-state index in [2.05, 4.69) is 15.9 Å². The van der Waals surface area contributed by atoms with E-state index in [1.54, 1.807) is 6.07 Å². The monoisotopic (exact) mass is 376 g/mol. The third-order valence-corrected chi connectivity index (χ3v) is 4.15. The fourth-order valence-corrected chi connectivity index (χ4v) is 2.80. The minimum atomic E-state index is -0.982. The SMILES string of the molecule is CC(O)c1oc2cc(O)ccc2c1C(=O)c1ccc(O)c(Br)c1. The van der Waals surface area contributed by atoms with E-state index in [9.17, 15) is 20.1 Å². The molecule has 1 aromatic heterocycles. The van der Waals surface area contributed by atoms with Crippen LogP contribution in [-0.2, 0) is 0 Å². The molecule has 0 bridgehead atoms. The van der Waals surface area contributed by atoms with Crippen LogP contribution in [0.15, 0.2) is 45.3 Å². The number of ketones is 1. The van der Waals surface area contributed by atoms with Crippen molar-refractivity contribution >= 4 is 32.7 Å². The average molecular weight is 377 g/mol. The first-order chi connectivity index (χ1) is 10.9. The van der Waals surface area contributed by atoms with Gasteiger partial charge in [-0.05, 0) is 53.2 Å². The maximum atomic E-state index is 12.9. The highest BCUT2D eigenvalue weighted by Crippen LogP contribution is 2.34. The third-order valence-electron chi connectivity index (χ3n) is 3.52. The topological polar surface area (TPSA) is 90.9 Å². The van der Waals surface area contributed by atoms with Crippen LogP contribution < -0.4 is 0 Å². The minimum Gasteiger partial charge on any atom is -0.508 e. The number of hydrogen-bond donors (Lipinski definition) is 3. The fraction of sp³-hybridized carbons (Fsp3) is 0.118. The molecule has 0 radical (unpaired) electrons. The van der Waals surface area contributed by atoms with Gasteiger partial charge < -0.3 is 19.7 Å². The van der Waals surface area contributed by atoms with Gasteiger partial charge in [0.25, 0.3) is 0 Å². The van der Waals surface area contributed by atoms with Crippen molar-refractivity contribution in [2.75, 3.05) is 0 Å². The Labute approximate surface area is 139 Å². The Morgan fingerprint density at radius 2 is 1.91 bits per heavy atom. The van der Waals surface area contributed by atoms with E-state index in [4.69, 9.17) is 4.42 Å². The molecule has 3 rings (SSSR count). The summed E-state index contributed by atoms with van der Waals surface area (Å²) in [6.07, 6.45) is -0.982. The lowest BCUT2D eigenvalue weighted by molar-refractivity contribution is 0.102. The lowest BCUT2D eigenvalue weighted by Gasteiger charge is -2.06. The molecule has 0 aliphatic carbocycles. The number of hydrogen-bond acceptors (Lipinski definition) is 5. The van der Waals surface area contributed by atoms with Gasteiger partial charge in [0.15, 0.2) is 5.78 Å². The van der Waals surface area contributed by atoms with E-state index >= 15 is 0 Å². The molecule has 0 fully saturated rings. The normalized spacial score (nSPS) is 12.5. The summed E-state index contributed by atoms with van der Waals surface area (Å²) < 4.78 is 5.94. The zero-order valence-electron chi connectivity index (χ0n) is 12.1. The summed E-state index contributed by atoms with van der Waals surface area (Å²) in [7, 11) is 0. The van der Waals surface area contributed by atoms with Gasteiger partial charge in [0, 0.05) is 17.0 Å². The van der Waals surface area contributed by atoms with Gasteiger partial charge in [-0.15, -0.1) is 0 Å². The Bertz CT molecular complexity index is 911.